The number of carbonyl (C=O) groups excluding carboxylic acids is 1. The monoisotopic (exact) mass is 506 g/mol. The third-order valence-corrected chi connectivity index (χ3v) is 9.06. The van der Waals surface area contributed by atoms with Crippen molar-refractivity contribution in [2.45, 2.75) is 37.9 Å². The maximum atomic E-state index is 13.9. The number of hydrogen-bond acceptors (Lipinski definition) is 8. The molecule has 1 aromatic carbocycles. The number of ether oxygens (including phenoxy) is 3. The molecule has 0 spiro atoms. The Hall–Kier alpha value is -0.960. The Labute approximate surface area is 184 Å². The van der Waals surface area contributed by atoms with E-state index in [1.165, 1.54) is 0 Å². The van der Waals surface area contributed by atoms with Gasteiger partial charge in [-0.15, -0.1) is 0 Å². The summed E-state index contributed by atoms with van der Waals surface area (Å²) < 4.78 is 42.3. The first-order valence-electron chi connectivity index (χ1n) is 9.91. The molecule has 1 aromatic rings. The van der Waals surface area contributed by atoms with Gasteiger partial charge in [0.15, 0.2) is 5.16 Å². The third-order valence-electron chi connectivity index (χ3n) is 5.64. The minimum absolute atomic E-state index is 0.0940. The summed E-state index contributed by atoms with van der Waals surface area (Å²) in [6, 6.07) is 5.40. The molecular weight excluding hydrogens is 479 g/mol. The van der Waals surface area contributed by atoms with Crippen LogP contribution in [0.4, 0.5) is 0 Å². The van der Waals surface area contributed by atoms with E-state index in [0.29, 0.717) is 11.3 Å². The number of methoxy groups -OCH3 is 1. The molecule has 2 heterocycles. The van der Waals surface area contributed by atoms with E-state index >= 15 is 0 Å². The number of esters is 1. The minimum atomic E-state index is -3.91. The Morgan fingerprint density at radius 1 is 1.27 bits per heavy atom. The summed E-state index contributed by atoms with van der Waals surface area (Å²) in [5, 5.41) is 8.45. The molecule has 8 nitrogen and oxygen atoms in total. The number of carbonyl (C=O) groups is 1. The zero-order valence-corrected chi connectivity index (χ0v) is 19.9. The number of aliphatic hydroxyl groups is 1. The molecule has 10 heteroatoms. The lowest BCUT2D eigenvalue weighted by molar-refractivity contribution is -0.157. The molecule has 0 radical (unpaired) electrons. The third kappa shape index (κ3) is 4.08. The number of hydrogen-bond donors (Lipinski definition) is 1. The molecule has 2 saturated heterocycles. The molecule has 2 aliphatic rings. The van der Waals surface area contributed by atoms with Gasteiger partial charge in [-0.25, -0.2) is 0 Å². The zero-order chi connectivity index (χ0) is 22.0. The van der Waals surface area contributed by atoms with Crippen LogP contribution in [0.3, 0.4) is 0 Å². The first-order chi connectivity index (χ1) is 14.3. The molecule has 0 amide bonds. The molecule has 2 atom stereocenters. The molecule has 3 rings (SSSR count). The van der Waals surface area contributed by atoms with Crippen molar-refractivity contribution in [3.8, 4) is 5.75 Å². The van der Waals surface area contributed by atoms with E-state index in [1.54, 1.807) is 27.0 Å². The lowest BCUT2D eigenvalue weighted by Crippen LogP contribution is -2.52. The molecule has 1 N–H and O–H groups in total. The smallest absolute Gasteiger partial charge is 0.348 e. The maximum absolute atomic E-state index is 13.9. The Morgan fingerprint density at radius 2 is 1.93 bits per heavy atom. The van der Waals surface area contributed by atoms with Gasteiger partial charge in [0.2, 0.25) is 0 Å². The van der Waals surface area contributed by atoms with Gasteiger partial charge < -0.3 is 28.4 Å². The summed E-state index contributed by atoms with van der Waals surface area (Å²) in [5.41, 5.74) is 0.0302. The highest BCUT2D eigenvalue weighted by Gasteiger charge is 2.66. The average molecular weight is 507 g/mol. The van der Waals surface area contributed by atoms with Crippen molar-refractivity contribution in [3.05, 3.63) is 28.2 Å². The van der Waals surface area contributed by atoms with Crippen molar-refractivity contribution in [3.63, 3.8) is 0 Å². The molecule has 2 unspecified atom stereocenters. The van der Waals surface area contributed by atoms with Crippen LogP contribution in [0.1, 0.15) is 38.4 Å². The van der Waals surface area contributed by atoms with Crippen LogP contribution in [0.5, 0.6) is 5.75 Å². The maximum Gasteiger partial charge on any atom is 0.348 e. The summed E-state index contributed by atoms with van der Waals surface area (Å²) >= 11 is 3.41. The van der Waals surface area contributed by atoms with Gasteiger partial charge in [0.1, 0.15) is 11.9 Å². The Kier molecular flexibility index (Phi) is 7.32. The molecule has 0 saturated carbocycles. The van der Waals surface area contributed by atoms with Crippen molar-refractivity contribution < 1.29 is 37.7 Å². The standard InChI is InChI=1S/C20H28BrO8P/c1-4-27-30(24,28-5-2)20(10-19(11-22)12-26-13-19)9-17(29-18(20)23)14-6-7-15(21)16(8-14)25-3/h6-8,17,22H,4-5,9-13H2,1-3H3. The molecule has 30 heavy (non-hydrogen) atoms. The highest BCUT2D eigenvalue weighted by molar-refractivity contribution is 9.10. The molecule has 2 fully saturated rings. The second kappa shape index (κ2) is 9.27. The van der Waals surface area contributed by atoms with Gasteiger partial charge in [0.25, 0.3) is 0 Å². The average Bonchev–Trinajstić information content (AvgIpc) is 3.03. The first-order valence-corrected chi connectivity index (χ1v) is 12.2. The van der Waals surface area contributed by atoms with Gasteiger partial charge in [-0.2, -0.15) is 0 Å². The van der Waals surface area contributed by atoms with Gasteiger partial charge in [0, 0.05) is 11.8 Å². The predicted molar refractivity (Wildman–Crippen MR) is 113 cm³/mol. The molecule has 0 aromatic heterocycles. The topological polar surface area (TPSA) is 101 Å². The van der Waals surface area contributed by atoms with Crippen molar-refractivity contribution in [1.82, 2.24) is 0 Å². The van der Waals surface area contributed by atoms with Crippen LogP contribution < -0.4 is 4.74 Å². The molecule has 0 aliphatic carbocycles. The van der Waals surface area contributed by atoms with E-state index in [-0.39, 0.29) is 45.9 Å². The van der Waals surface area contributed by atoms with E-state index < -0.39 is 30.2 Å². The van der Waals surface area contributed by atoms with Crippen LogP contribution in [0.15, 0.2) is 22.7 Å². The quantitative estimate of drug-likeness (QED) is 0.377. The van der Waals surface area contributed by atoms with E-state index in [1.807, 2.05) is 12.1 Å². The van der Waals surface area contributed by atoms with Crippen LogP contribution in [0.2, 0.25) is 0 Å². The molecule has 168 valence electrons. The van der Waals surface area contributed by atoms with Gasteiger partial charge in [-0.05, 0) is 53.9 Å². The highest BCUT2D eigenvalue weighted by Crippen LogP contribution is 2.69. The number of halogens is 1. The minimum Gasteiger partial charge on any atom is -0.496 e. The van der Waals surface area contributed by atoms with E-state index in [4.69, 9.17) is 23.3 Å². The summed E-state index contributed by atoms with van der Waals surface area (Å²) in [6.45, 7) is 3.98. The largest absolute Gasteiger partial charge is 0.496 e. The van der Waals surface area contributed by atoms with Crippen molar-refractivity contribution in [1.29, 1.82) is 0 Å². The summed E-state index contributed by atoms with van der Waals surface area (Å²) in [4.78, 5) is 13.3. The Bertz CT molecular complexity index is 812. The summed E-state index contributed by atoms with van der Waals surface area (Å²) in [6.07, 6.45) is -0.447. The van der Waals surface area contributed by atoms with Crippen molar-refractivity contribution in [2.24, 2.45) is 5.41 Å². The first kappa shape index (κ1) is 23.7. The highest BCUT2D eigenvalue weighted by atomic mass is 79.9. The molecule has 2 aliphatic heterocycles. The van der Waals surface area contributed by atoms with Crippen LogP contribution in [0.25, 0.3) is 0 Å². The fraction of sp³-hybridized carbons (Fsp3) is 0.650. The normalized spacial score (nSPS) is 25.6. The zero-order valence-electron chi connectivity index (χ0n) is 17.4. The molecule has 0 bridgehead atoms. The summed E-state index contributed by atoms with van der Waals surface area (Å²) in [5.74, 6) is -0.0441. The van der Waals surface area contributed by atoms with Gasteiger partial charge >= 0.3 is 13.6 Å². The van der Waals surface area contributed by atoms with Gasteiger partial charge in [-0.3, -0.25) is 9.36 Å². The van der Waals surface area contributed by atoms with Gasteiger partial charge in [0.05, 0.1) is 44.6 Å². The summed E-state index contributed by atoms with van der Waals surface area (Å²) in [7, 11) is -2.36. The van der Waals surface area contributed by atoms with E-state index in [9.17, 15) is 14.5 Å². The molecular formula is C20H28BrO8P. The lowest BCUT2D eigenvalue weighted by atomic mass is 9.76. The van der Waals surface area contributed by atoms with Crippen LogP contribution in [-0.4, -0.2) is 56.4 Å². The van der Waals surface area contributed by atoms with Crippen molar-refractivity contribution >= 4 is 29.5 Å². The number of cyclic esters (lactones) is 1. The fourth-order valence-electron chi connectivity index (χ4n) is 4.08. The number of benzene rings is 1. The predicted octanol–water partition coefficient (Wildman–Crippen LogP) is 3.85. The van der Waals surface area contributed by atoms with Gasteiger partial charge in [-0.1, -0.05) is 6.07 Å². The number of aliphatic hydroxyl groups excluding tert-OH is 1. The second-order valence-electron chi connectivity index (χ2n) is 7.68. The Morgan fingerprint density at radius 3 is 2.43 bits per heavy atom. The second-order valence-corrected chi connectivity index (χ2v) is 10.9. The SMILES string of the molecule is CCOP(=O)(OCC)C1(CC2(CO)COC2)CC(c2ccc(Br)c(OC)c2)OC1=O. The van der Waals surface area contributed by atoms with E-state index in [2.05, 4.69) is 15.9 Å². The fourth-order valence-corrected chi connectivity index (χ4v) is 6.93. The number of rotatable bonds is 10. The lowest BCUT2D eigenvalue weighted by Gasteiger charge is -2.45. The van der Waals surface area contributed by atoms with E-state index in [0.717, 1.165) is 4.47 Å². The van der Waals surface area contributed by atoms with Crippen LogP contribution in [0, 0.1) is 5.41 Å². The van der Waals surface area contributed by atoms with Crippen LogP contribution in [-0.2, 0) is 27.9 Å². The van der Waals surface area contributed by atoms with Crippen LogP contribution >= 0.6 is 23.5 Å². The Balaban J connectivity index is 2.03. The van der Waals surface area contributed by atoms with Crippen molar-refractivity contribution in [2.75, 3.05) is 40.1 Å².